The van der Waals surface area contributed by atoms with Crippen molar-refractivity contribution in [2.24, 2.45) is 11.8 Å². The third-order valence-corrected chi connectivity index (χ3v) is 7.96. The number of fused-ring (bicyclic) bond motifs is 2. The zero-order chi connectivity index (χ0) is 20.9. The summed E-state index contributed by atoms with van der Waals surface area (Å²) in [4.78, 5) is 16.7. The maximum atomic E-state index is 13.6. The summed E-state index contributed by atoms with van der Waals surface area (Å²) in [5.41, 5.74) is 2.06. The molecule has 9 heteroatoms. The molecule has 2 fully saturated rings. The molecule has 3 unspecified atom stereocenters. The first-order valence-corrected chi connectivity index (χ1v) is 11.3. The molecule has 1 aliphatic carbocycles. The van der Waals surface area contributed by atoms with E-state index < -0.39 is 16.2 Å². The molecule has 3 aromatic rings. The van der Waals surface area contributed by atoms with Crippen LogP contribution in [0.25, 0.3) is 5.65 Å². The van der Waals surface area contributed by atoms with Crippen LogP contribution < -0.4 is 5.32 Å². The third kappa shape index (κ3) is 3.27. The van der Waals surface area contributed by atoms with Gasteiger partial charge in [0.15, 0.2) is 0 Å². The summed E-state index contributed by atoms with van der Waals surface area (Å²) < 4.78 is 42.4. The molecule has 7 nitrogen and oxygen atoms in total. The average Bonchev–Trinajstić information content (AvgIpc) is 3.35. The fourth-order valence-corrected chi connectivity index (χ4v) is 5.78. The van der Waals surface area contributed by atoms with Crippen LogP contribution in [0.15, 0.2) is 59.9 Å². The van der Waals surface area contributed by atoms with Crippen LogP contribution in [0.2, 0.25) is 0 Å². The Morgan fingerprint density at radius 1 is 1.17 bits per heavy atom. The van der Waals surface area contributed by atoms with Crippen molar-refractivity contribution < 1.29 is 17.6 Å². The van der Waals surface area contributed by atoms with E-state index in [-0.39, 0.29) is 35.7 Å². The Hall–Kier alpha value is -2.78. The van der Waals surface area contributed by atoms with E-state index in [1.807, 2.05) is 0 Å². The Morgan fingerprint density at radius 3 is 2.70 bits per heavy atom. The topological polar surface area (TPSA) is 83.8 Å². The molecule has 1 amide bonds. The molecule has 1 N–H and O–H groups in total. The normalized spacial score (nSPS) is 23.8. The molecule has 1 saturated carbocycles. The predicted molar refractivity (Wildman–Crippen MR) is 108 cm³/mol. The lowest BCUT2D eigenvalue weighted by atomic mass is 9.75. The number of amides is 1. The van der Waals surface area contributed by atoms with Crippen molar-refractivity contribution in [1.29, 1.82) is 0 Å². The zero-order valence-corrected chi connectivity index (χ0v) is 16.9. The van der Waals surface area contributed by atoms with Gasteiger partial charge >= 0.3 is 0 Å². The summed E-state index contributed by atoms with van der Waals surface area (Å²) in [5.74, 6) is -0.239. The van der Waals surface area contributed by atoms with Gasteiger partial charge in [0, 0.05) is 44.1 Å². The number of alkyl halides is 1. The van der Waals surface area contributed by atoms with Crippen molar-refractivity contribution in [3.05, 3.63) is 66.1 Å². The quantitative estimate of drug-likeness (QED) is 0.676. The number of imidazole rings is 1. The lowest BCUT2D eigenvalue weighted by molar-refractivity contribution is 0.0732. The number of rotatable bonds is 5. The van der Waals surface area contributed by atoms with Crippen molar-refractivity contribution >= 4 is 21.6 Å². The van der Waals surface area contributed by atoms with Gasteiger partial charge in [0.25, 0.3) is 5.91 Å². The van der Waals surface area contributed by atoms with Gasteiger partial charge in [-0.15, -0.1) is 0 Å². The number of nitrogens with zero attached hydrogens (tertiary/aromatic N) is 3. The summed E-state index contributed by atoms with van der Waals surface area (Å²) in [7, 11) is -3.62. The minimum absolute atomic E-state index is 0.144. The second-order valence-electron chi connectivity index (χ2n) is 7.93. The fraction of sp³-hybridized carbons (Fsp3) is 0.333. The number of carbonyl (C=O) groups is 1. The minimum atomic E-state index is -3.62. The zero-order valence-electron chi connectivity index (χ0n) is 16.1. The summed E-state index contributed by atoms with van der Waals surface area (Å²) in [6.45, 7) is 0.929. The second kappa shape index (κ2) is 7.17. The van der Waals surface area contributed by atoms with Crippen molar-refractivity contribution in [2.45, 2.75) is 24.0 Å². The molecule has 2 aliphatic rings. The van der Waals surface area contributed by atoms with Crippen LogP contribution in [0, 0.1) is 11.8 Å². The van der Waals surface area contributed by atoms with Gasteiger partial charge in [-0.2, -0.15) is 4.31 Å². The van der Waals surface area contributed by atoms with Crippen LogP contribution in [-0.4, -0.2) is 47.3 Å². The van der Waals surface area contributed by atoms with Crippen molar-refractivity contribution in [1.82, 2.24) is 19.0 Å². The number of hydrogen-bond acceptors (Lipinski definition) is 4. The first-order valence-electron chi connectivity index (χ1n) is 9.86. The van der Waals surface area contributed by atoms with Gasteiger partial charge in [-0.05, 0) is 42.2 Å². The summed E-state index contributed by atoms with van der Waals surface area (Å²) in [5, 5.41) is 2.84. The van der Waals surface area contributed by atoms with Gasteiger partial charge in [-0.25, -0.2) is 17.8 Å². The van der Waals surface area contributed by atoms with Crippen LogP contribution in [0.5, 0.6) is 0 Å². The fourth-order valence-electron chi connectivity index (χ4n) is 4.25. The SMILES string of the molecule is O=C(NCc1ccc(S(=O)(=O)N2CC3CC(F)C3C2)cc1)c1ccc2nccn2c1. The Balaban J connectivity index is 1.23. The predicted octanol–water partition coefficient (Wildman–Crippen LogP) is 2.24. The van der Waals surface area contributed by atoms with Crippen molar-refractivity contribution in [3.63, 3.8) is 0 Å². The maximum absolute atomic E-state index is 13.6. The molecule has 3 heterocycles. The van der Waals surface area contributed by atoms with E-state index in [1.165, 1.54) is 4.31 Å². The Kier molecular flexibility index (Phi) is 4.59. The number of pyridine rings is 1. The molecule has 0 bridgehead atoms. The van der Waals surface area contributed by atoms with E-state index >= 15 is 0 Å². The molecule has 0 spiro atoms. The molecular formula is C21H21FN4O3S. The second-order valence-corrected chi connectivity index (χ2v) is 9.87. The van der Waals surface area contributed by atoms with E-state index in [1.54, 1.807) is 59.4 Å². The maximum Gasteiger partial charge on any atom is 0.253 e. The summed E-state index contributed by atoms with van der Waals surface area (Å²) in [6, 6.07) is 9.94. The number of halogens is 1. The molecule has 156 valence electrons. The van der Waals surface area contributed by atoms with Crippen molar-refractivity contribution in [3.8, 4) is 0 Å². The largest absolute Gasteiger partial charge is 0.348 e. The van der Waals surface area contributed by atoms with Gasteiger partial charge < -0.3 is 9.72 Å². The van der Waals surface area contributed by atoms with E-state index in [2.05, 4.69) is 10.3 Å². The lowest BCUT2D eigenvalue weighted by Crippen LogP contribution is -2.36. The molecule has 1 aliphatic heterocycles. The number of aromatic nitrogens is 2. The van der Waals surface area contributed by atoms with Crippen LogP contribution >= 0.6 is 0 Å². The van der Waals surface area contributed by atoms with Crippen LogP contribution in [0.4, 0.5) is 4.39 Å². The average molecular weight is 428 g/mol. The number of hydrogen-bond donors (Lipinski definition) is 1. The minimum Gasteiger partial charge on any atom is -0.348 e. The number of nitrogens with one attached hydrogen (secondary N) is 1. The van der Waals surface area contributed by atoms with Crippen LogP contribution in [0.1, 0.15) is 22.3 Å². The van der Waals surface area contributed by atoms with E-state index in [0.717, 1.165) is 11.2 Å². The monoisotopic (exact) mass is 428 g/mol. The molecule has 0 radical (unpaired) electrons. The highest BCUT2D eigenvalue weighted by Crippen LogP contribution is 2.44. The summed E-state index contributed by atoms with van der Waals surface area (Å²) in [6.07, 6.45) is 4.72. The van der Waals surface area contributed by atoms with E-state index in [9.17, 15) is 17.6 Å². The standard InChI is InChI=1S/C21H21FN4O3S/c22-19-9-16-12-26(13-18(16)19)30(28,29)17-4-1-14(2-5-17)10-24-21(27)15-3-6-20-23-7-8-25(20)11-15/h1-8,11,16,18-19H,9-10,12-13H2,(H,24,27). The molecular weight excluding hydrogens is 407 g/mol. The molecule has 30 heavy (non-hydrogen) atoms. The van der Waals surface area contributed by atoms with Gasteiger partial charge in [-0.1, -0.05) is 12.1 Å². The molecule has 1 saturated heterocycles. The Bertz CT molecular complexity index is 1210. The van der Waals surface area contributed by atoms with Gasteiger partial charge in [-0.3, -0.25) is 4.79 Å². The van der Waals surface area contributed by atoms with Gasteiger partial charge in [0.1, 0.15) is 11.8 Å². The molecule has 2 aromatic heterocycles. The van der Waals surface area contributed by atoms with Gasteiger partial charge in [0.05, 0.1) is 10.5 Å². The first-order chi connectivity index (χ1) is 14.4. The molecule has 5 rings (SSSR count). The highest BCUT2D eigenvalue weighted by molar-refractivity contribution is 7.89. The third-order valence-electron chi connectivity index (χ3n) is 6.12. The van der Waals surface area contributed by atoms with Crippen LogP contribution in [-0.2, 0) is 16.6 Å². The smallest absolute Gasteiger partial charge is 0.253 e. The van der Waals surface area contributed by atoms with E-state index in [4.69, 9.17) is 0 Å². The van der Waals surface area contributed by atoms with Gasteiger partial charge in [0.2, 0.25) is 10.0 Å². The first kappa shape index (κ1) is 19.2. The summed E-state index contributed by atoms with van der Waals surface area (Å²) >= 11 is 0. The lowest BCUT2D eigenvalue weighted by Gasteiger charge is -2.32. The number of carbonyl (C=O) groups excluding carboxylic acids is 1. The Labute approximate surface area is 173 Å². The highest BCUT2D eigenvalue weighted by Gasteiger charge is 2.50. The Morgan fingerprint density at radius 2 is 1.97 bits per heavy atom. The molecule has 1 aromatic carbocycles. The molecule has 3 atom stereocenters. The van der Waals surface area contributed by atoms with Crippen LogP contribution in [0.3, 0.4) is 0 Å². The highest BCUT2D eigenvalue weighted by atomic mass is 32.2. The van der Waals surface area contributed by atoms with E-state index in [0.29, 0.717) is 18.5 Å². The van der Waals surface area contributed by atoms with Crippen molar-refractivity contribution in [2.75, 3.05) is 13.1 Å². The number of benzene rings is 1. The number of sulfonamides is 1.